The molecule has 2 aromatic rings. The van der Waals surface area contributed by atoms with E-state index in [1.165, 1.54) is 4.90 Å². The molecule has 3 rings (SSSR count). The number of aromatic nitrogens is 2. The molecule has 2 heterocycles. The Morgan fingerprint density at radius 2 is 2.04 bits per heavy atom. The highest BCUT2D eigenvalue weighted by Crippen LogP contribution is 2.21. The SMILES string of the molecule is CCCN1CC(=O)N(Cc2nc(-c3ccccc3C)no2)[C@@H](C)C1=O. The molecular formula is C18H22N4O3. The fourth-order valence-electron chi connectivity index (χ4n) is 3.03. The quantitative estimate of drug-likeness (QED) is 0.830. The molecule has 1 aliphatic rings. The number of carbonyl (C=O) groups excluding carboxylic acids is 2. The molecular weight excluding hydrogens is 320 g/mol. The number of nitrogens with zero attached hydrogens (tertiary/aromatic N) is 4. The van der Waals surface area contributed by atoms with Crippen LogP contribution in [-0.2, 0) is 16.1 Å². The van der Waals surface area contributed by atoms with Crippen LogP contribution in [0.2, 0.25) is 0 Å². The lowest BCUT2D eigenvalue weighted by Crippen LogP contribution is -2.58. The molecule has 1 aromatic carbocycles. The summed E-state index contributed by atoms with van der Waals surface area (Å²) in [7, 11) is 0. The molecule has 0 unspecified atom stereocenters. The highest BCUT2D eigenvalue weighted by molar-refractivity contribution is 5.94. The summed E-state index contributed by atoms with van der Waals surface area (Å²) in [4.78, 5) is 32.3. The Morgan fingerprint density at radius 3 is 2.76 bits per heavy atom. The predicted molar refractivity (Wildman–Crippen MR) is 91.4 cm³/mol. The van der Waals surface area contributed by atoms with Crippen molar-refractivity contribution >= 4 is 11.8 Å². The first-order chi connectivity index (χ1) is 12.0. The molecule has 7 heteroatoms. The van der Waals surface area contributed by atoms with Gasteiger partial charge in [-0.05, 0) is 25.8 Å². The zero-order chi connectivity index (χ0) is 18.0. The average Bonchev–Trinajstić information content (AvgIpc) is 3.05. The third kappa shape index (κ3) is 3.40. The zero-order valence-electron chi connectivity index (χ0n) is 14.7. The fraction of sp³-hybridized carbons (Fsp3) is 0.444. The van der Waals surface area contributed by atoms with Gasteiger partial charge in [0.15, 0.2) is 0 Å². The number of hydrogen-bond acceptors (Lipinski definition) is 5. The normalized spacial score (nSPS) is 18.1. The molecule has 0 N–H and O–H groups in total. The van der Waals surface area contributed by atoms with Gasteiger partial charge in [-0.3, -0.25) is 9.59 Å². The first-order valence-electron chi connectivity index (χ1n) is 8.48. The molecule has 1 atom stereocenters. The van der Waals surface area contributed by atoms with Gasteiger partial charge in [-0.15, -0.1) is 0 Å². The van der Waals surface area contributed by atoms with E-state index in [-0.39, 0.29) is 24.9 Å². The van der Waals surface area contributed by atoms with Crippen molar-refractivity contribution in [2.24, 2.45) is 0 Å². The predicted octanol–water partition coefficient (Wildman–Crippen LogP) is 2.01. The third-order valence-electron chi connectivity index (χ3n) is 4.44. The molecule has 0 bridgehead atoms. The molecule has 0 radical (unpaired) electrons. The lowest BCUT2D eigenvalue weighted by Gasteiger charge is -2.37. The maximum absolute atomic E-state index is 12.4. The number of benzene rings is 1. The molecule has 0 saturated carbocycles. The summed E-state index contributed by atoms with van der Waals surface area (Å²) in [6.45, 7) is 6.55. The van der Waals surface area contributed by atoms with Crippen molar-refractivity contribution in [1.29, 1.82) is 0 Å². The van der Waals surface area contributed by atoms with E-state index >= 15 is 0 Å². The van der Waals surface area contributed by atoms with Gasteiger partial charge in [0, 0.05) is 12.1 Å². The number of piperazine rings is 1. The van der Waals surface area contributed by atoms with E-state index in [9.17, 15) is 9.59 Å². The van der Waals surface area contributed by atoms with Crippen LogP contribution in [0.25, 0.3) is 11.4 Å². The standard InChI is InChI=1S/C18H22N4O3/c1-4-9-21-11-16(23)22(13(3)18(21)24)10-15-19-17(20-25-15)14-8-6-5-7-12(14)2/h5-8,13H,4,9-11H2,1-3H3/t13-/m0/s1. The van der Waals surface area contributed by atoms with Crippen LogP contribution >= 0.6 is 0 Å². The molecule has 7 nitrogen and oxygen atoms in total. The van der Waals surface area contributed by atoms with E-state index in [4.69, 9.17) is 4.52 Å². The monoisotopic (exact) mass is 342 g/mol. The van der Waals surface area contributed by atoms with Gasteiger partial charge < -0.3 is 14.3 Å². The van der Waals surface area contributed by atoms with Crippen LogP contribution in [0.3, 0.4) is 0 Å². The van der Waals surface area contributed by atoms with Gasteiger partial charge >= 0.3 is 0 Å². The molecule has 132 valence electrons. The summed E-state index contributed by atoms with van der Waals surface area (Å²) in [6, 6.07) is 7.23. The third-order valence-corrected chi connectivity index (χ3v) is 4.44. The van der Waals surface area contributed by atoms with Crippen LogP contribution in [-0.4, -0.2) is 50.9 Å². The Kier molecular flexibility index (Phi) is 4.83. The minimum atomic E-state index is -0.526. The Morgan fingerprint density at radius 1 is 1.28 bits per heavy atom. The Hall–Kier alpha value is -2.70. The van der Waals surface area contributed by atoms with E-state index in [2.05, 4.69) is 10.1 Å². The maximum atomic E-state index is 12.4. The molecule has 1 aliphatic heterocycles. The van der Waals surface area contributed by atoms with Crippen LogP contribution in [0.5, 0.6) is 0 Å². The largest absolute Gasteiger partial charge is 0.337 e. The summed E-state index contributed by atoms with van der Waals surface area (Å²) in [5.41, 5.74) is 1.93. The van der Waals surface area contributed by atoms with Crippen molar-refractivity contribution in [3.63, 3.8) is 0 Å². The van der Waals surface area contributed by atoms with Gasteiger partial charge in [0.05, 0.1) is 6.54 Å². The molecule has 0 aliphatic carbocycles. The van der Waals surface area contributed by atoms with Crippen molar-refractivity contribution in [1.82, 2.24) is 19.9 Å². The van der Waals surface area contributed by atoms with Crippen LogP contribution in [0.15, 0.2) is 28.8 Å². The summed E-state index contributed by atoms with van der Waals surface area (Å²) < 4.78 is 5.30. The topological polar surface area (TPSA) is 79.5 Å². The number of rotatable bonds is 5. The molecule has 1 aromatic heterocycles. The second kappa shape index (κ2) is 7.04. The van der Waals surface area contributed by atoms with E-state index in [0.29, 0.717) is 18.3 Å². The Bertz CT molecular complexity index is 786. The lowest BCUT2D eigenvalue weighted by atomic mass is 10.1. The van der Waals surface area contributed by atoms with Crippen molar-refractivity contribution in [2.45, 2.75) is 39.8 Å². The van der Waals surface area contributed by atoms with Gasteiger partial charge in [0.1, 0.15) is 12.6 Å². The molecule has 0 spiro atoms. The molecule has 2 amide bonds. The summed E-state index contributed by atoms with van der Waals surface area (Å²) in [5, 5.41) is 4.01. The Labute approximate surface area is 146 Å². The summed E-state index contributed by atoms with van der Waals surface area (Å²) in [5.74, 6) is 0.677. The van der Waals surface area contributed by atoms with Crippen LogP contribution < -0.4 is 0 Å². The van der Waals surface area contributed by atoms with E-state index in [1.807, 2.05) is 38.1 Å². The maximum Gasteiger partial charge on any atom is 0.246 e. The van der Waals surface area contributed by atoms with Gasteiger partial charge in [0.2, 0.25) is 23.5 Å². The summed E-state index contributed by atoms with van der Waals surface area (Å²) >= 11 is 0. The number of carbonyl (C=O) groups is 2. The second-order valence-corrected chi connectivity index (χ2v) is 6.28. The number of hydrogen-bond donors (Lipinski definition) is 0. The molecule has 1 saturated heterocycles. The molecule has 25 heavy (non-hydrogen) atoms. The van der Waals surface area contributed by atoms with Gasteiger partial charge in [-0.1, -0.05) is 36.3 Å². The first-order valence-corrected chi connectivity index (χ1v) is 8.48. The summed E-state index contributed by atoms with van der Waals surface area (Å²) in [6.07, 6.45) is 0.829. The number of amides is 2. The van der Waals surface area contributed by atoms with Gasteiger partial charge in [-0.25, -0.2) is 0 Å². The van der Waals surface area contributed by atoms with E-state index < -0.39 is 6.04 Å². The molecule has 1 fully saturated rings. The van der Waals surface area contributed by atoms with Crippen molar-refractivity contribution in [3.8, 4) is 11.4 Å². The smallest absolute Gasteiger partial charge is 0.246 e. The van der Waals surface area contributed by atoms with Gasteiger partial charge in [0.25, 0.3) is 0 Å². The highest BCUT2D eigenvalue weighted by atomic mass is 16.5. The van der Waals surface area contributed by atoms with Gasteiger partial charge in [-0.2, -0.15) is 4.98 Å². The minimum Gasteiger partial charge on any atom is -0.337 e. The Balaban J connectivity index is 1.76. The first kappa shape index (κ1) is 17.1. The van der Waals surface area contributed by atoms with Crippen molar-refractivity contribution in [2.75, 3.05) is 13.1 Å². The van der Waals surface area contributed by atoms with Crippen LogP contribution in [0.1, 0.15) is 31.7 Å². The zero-order valence-corrected chi connectivity index (χ0v) is 14.7. The van der Waals surface area contributed by atoms with Crippen LogP contribution in [0, 0.1) is 6.92 Å². The highest BCUT2D eigenvalue weighted by Gasteiger charge is 2.36. The van der Waals surface area contributed by atoms with E-state index in [1.54, 1.807) is 11.8 Å². The minimum absolute atomic E-state index is 0.0416. The van der Waals surface area contributed by atoms with Crippen molar-refractivity contribution < 1.29 is 14.1 Å². The second-order valence-electron chi connectivity index (χ2n) is 6.28. The van der Waals surface area contributed by atoms with Crippen molar-refractivity contribution in [3.05, 3.63) is 35.7 Å². The lowest BCUT2D eigenvalue weighted by molar-refractivity contribution is -0.156. The number of aryl methyl sites for hydroxylation is 1. The van der Waals surface area contributed by atoms with E-state index in [0.717, 1.165) is 17.5 Å². The van der Waals surface area contributed by atoms with Crippen LogP contribution in [0.4, 0.5) is 0 Å². The fourth-order valence-corrected chi connectivity index (χ4v) is 3.03. The average molecular weight is 342 g/mol.